The average molecular weight is 239 g/mol. The number of hydrogen-bond acceptors (Lipinski definition) is 4. The number of likely N-dealkylation sites (N-methyl/N-ethyl adjacent to an activating group) is 1. The van der Waals surface area contributed by atoms with Gasteiger partial charge in [0, 0.05) is 19.3 Å². The zero-order valence-electron chi connectivity index (χ0n) is 10.8. The molecule has 96 valence electrons. The smallest absolute Gasteiger partial charge is 0.354 e. The number of nitrogens with zero attached hydrogens (tertiary/aromatic N) is 2. The Morgan fingerprint density at radius 1 is 1.47 bits per heavy atom. The second-order valence-corrected chi connectivity index (χ2v) is 3.87. The molecule has 0 radical (unpaired) electrons. The van der Waals surface area contributed by atoms with Gasteiger partial charge in [-0.1, -0.05) is 13.8 Å². The molecule has 1 aromatic heterocycles. The second kappa shape index (κ2) is 6.30. The number of aromatic nitrogens is 1. The van der Waals surface area contributed by atoms with Crippen molar-refractivity contribution in [2.24, 2.45) is 0 Å². The normalized spacial score (nSPS) is 10.8. The summed E-state index contributed by atoms with van der Waals surface area (Å²) in [5, 5.41) is 0. The molecule has 0 amide bonds. The summed E-state index contributed by atoms with van der Waals surface area (Å²) in [7, 11) is 1.38. The number of esters is 1. The lowest BCUT2D eigenvalue weighted by Crippen LogP contribution is -2.27. The van der Waals surface area contributed by atoms with E-state index in [1.165, 1.54) is 7.11 Å². The Morgan fingerprint density at radius 3 is 2.65 bits per heavy atom. The number of hydrogen-bond donors (Lipinski definition) is 1. The Morgan fingerprint density at radius 2 is 2.12 bits per heavy atom. The number of ether oxygens (including phenoxy) is 1. The van der Waals surface area contributed by atoms with Crippen LogP contribution in [0.2, 0.25) is 0 Å². The van der Waals surface area contributed by atoms with Crippen molar-refractivity contribution in [1.29, 1.82) is 0 Å². The first-order valence-electron chi connectivity index (χ1n) is 5.88. The molecule has 0 aliphatic carbocycles. The molecule has 0 atom stereocenters. The average Bonchev–Trinajstić information content (AvgIpc) is 2.71. The Hall–Kier alpha value is -1.49. The number of nitrogens with two attached hydrogens (primary N) is 1. The Labute approximate surface area is 102 Å². The summed E-state index contributed by atoms with van der Waals surface area (Å²) in [6.07, 6.45) is 1.77. The molecule has 0 aliphatic rings. The molecular weight excluding hydrogens is 218 g/mol. The third-order valence-corrected chi connectivity index (χ3v) is 2.86. The topological polar surface area (TPSA) is 60.5 Å². The fraction of sp³-hybridized carbons (Fsp3) is 0.583. The van der Waals surface area contributed by atoms with Crippen LogP contribution < -0.4 is 5.73 Å². The lowest BCUT2D eigenvalue weighted by atomic mass is 10.4. The van der Waals surface area contributed by atoms with Crippen LogP contribution in [-0.4, -0.2) is 42.2 Å². The summed E-state index contributed by atoms with van der Waals surface area (Å²) >= 11 is 0. The van der Waals surface area contributed by atoms with Crippen LogP contribution in [0.3, 0.4) is 0 Å². The molecule has 2 N–H and O–H groups in total. The quantitative estimate of drug-likeness (QED) is 0.758. The second-order valence-electron chi connectivity index (χ2n) is 3.87. The van der Waals surface area contributed by atoms with Crippen molar-refractivity contribution in [3.8, 4) is 0 Å². The van der Waals surface area contributed by atoms with E-state index in [1.807, 2.05) is 4.57 Å². The molecule has 0 unspecified atom stereocenters. The molecule has 0 saturated carbocycles. The molecule has 0 aromatic carbocycles. The van der Waals surface area contributed by atoms with Crippen LogP contribution in [0.1, 0.15) is 24.3 Å². The zero-order valence-corrected chi connectivity index (χ0v) is 10.8. The van der Waals surface area contributed by atoms with Crippen LogP contribution >= 0.6 is 0 Å². The van der Waals surface area contributed by atoms with Crippen LogP contribution in [-0.2, 0) is 11.3 Å². The van der Waals surface area contributed by atoms with Crippen molar-refractivity contribution >= 4 is 11.7 Å². The van der Waals surface area contributed by atoms with Gasteiger partial charge >= 0.3 is 5.97 Å². The number of carbonyl (C=O) groups is 1. The molecule has 5 nitrogen and oxygen atoms in total. The molecule has 1 rings (SSSR count). The minimum atomic E-state index is -0.346. The molecule has 5 heteroatoms. The van der Waals surface area contributed by atoms with Crippen LogP contribution in [0.15, 0.2) is 12.3 Å². The number of anilines is 1. The molecule has 0 spiro atoms. The predicted octanol–water partition coefficient (Wildman–Crippen LogP) is 1.20. The first-order valence-corrected chi connectivity index (χ1v) is 5.88. The molecule has 1 heterocycles. The van der Waals surface area contributed by atoms with Gasteiger partial charge in [0.15, 0.2) is 0 Å². The fourth-order valence-corrected chi connectivity index (χ4v) is 1.78. The van der Waals surface area contributed by atoms with Crippen LogP contribution in [0.4, 0.5) is 5.69 Å². The highest BCUT2D eigenvalue weighted by atomic mass is 16.5. The van der Waals surface area contributed by atoms with Crippen molar-refractivity contribution in [2.75, 3.05) is 32.5 Å². The summed E-state index contributed by atoms with van der Waals surface area (Å²) in [5.41, 5.74) is 6.80. The van der Waals surface area contributed by atoms with Gasteiger partial charge in [0.05, 0.1) is 12.8 Å². The monoisotopic (exact) mass is 239 g/mol. The van der Waals surface area contributed by atoms with Gasteiger partial charge in [0.25, 0.3) is 0 Å². The van der Waals surface area contributed by atoms with Gasteiger partial charge in [-0.3, -0.25) is 0 Å². The van der Waals surface area contributed by atoms with Crippen LogP contribution in [0.5, 0.6) is 0 Å². The standard InChI is InChI=1S/C12H21N3O2/c1-4-14(5-2)6-7-15-9-10(13)8-11(15)12(16)17-3/h8-9H,4-7,13H2,1-3H3. The number of carbonyl (C=O) groups excluding carboxylic acids is 1. The third kappa shape index (κ3) is 3.49. The maximum Gasteiger partial charge on any atom is 0.354 e. The first-order chi connectivity index (χ1) is 8.12. The number of methoxy groups -OCH3 is 1. The Bertz CT molecular complexity index is 370. The van der Waals surface area contributed by atoms with E-state index in [0.717, 1.165) is 26.2 Å². The van der Waals surface area contributed by atoms with Gasteiger partial charge in [0.2, 0.25) is 0 Å². The summed E-state index contributed by atoms with van der Waals surface area (Å²) in [5.74, 6) is -0.346. The predicted molar refractivity (Wildman–Crippen MR) is 68.0 cm³/mol. The Kier molecular flexibility index (Phi) is 5.03. The van der Waals surface area contributed by atoms with E-state index in [9.17, 15) is 4.79 Å². The molecular formula is C12H21N3O2. The highest BCUT2D eigenvalue weighted by molar-refractivity contribution is 5.88. The molecule has 0 saturated heterocycles. The van der Waals surface area contributed by atoms with E-state index in [4.69, 9.17) is 10.5 Å². The van der Waals surface area contributed by atoms with Crippen LogP contribution in [0.25, 0.3) is 0 Å². The van der Waals surface area contributed by atoms with Crippen molar-refractivity contribution in [3.63, 3.8) is 0 Å². The van der Waals surface area contributed by atoms with E-state index in [-0.39, 0.29) is 5.97 Å². The highest BCUT2D eigenvalue weighted by Crippen LogP contribution is 2.11. The zero-order chi connectivity index (χ0) is 12.8. The van der Waals surface area contributed by atoms with Gasteiger partial charge in [-0.05, 0) is 19.2 Å². The molecule has 1 aromatic rings. The lowest BCUT2D eigenvalue weighted by molar-refractivity contribution is 0.0587. The first kappa shape index (κ1) is 13.6. The van der Waals surface area contributed by atoms with E-state index in [0.29, 0.717) is 11.4 Å². The summed E-state index contributed by atoms with van der Waals surface area (Å²) < 4.78 is 6.57. The number of nitrogen functional groups attached to an aromatic ring is 1. The van der Waals surface area contributed by atoms with Gasteiger partial charge in [-0.15, -0.1) is 0 Å². The lowest BCUT2D eigenvalue weighted by Gasteiger charge is -2.18. The van der Waals surface area contributed by atoms with E-state index in [2.05, 4.69) is 18.7 Å². The summed E-state index contributed by atoms with van der Waals surface area (Å²) in [6.45, 7) is 7.87. The van der Waals surface area contributed by atoms with Crippen molar-refractivity contribution < 1.29 is 9.53 Å². The van der Waals surface area contributed by atoms with E-state index in [1.54, 1.807) is 12.3 Å². The van der Waals surface area contributed by atoms with Gasteiger partial charge in [-0.25, -0.2) is 4.79 Å². The SMILES string of the molecule is CCN(CC)CCn1cc(N)cc1C(=O)OC. The fourth-order valence-electron chi connectivity index (χ4n) is 1.78. The minimum absolute atomic E-state index is 0.346. The van der Waals surface area contributed by atoms with E-state index < -0.39 is 0 Å². The van der Waals surface area contributed by atoms with Crippen molar-refractivity contribution in [1.82, 2.24) is 9.47 Å². The maximum absolute atomic E-state index is 11.5. The Balaban J connectivity index is 2.73. The molecule has 17 heavy (non-hydrogen) atoms. The third-order valence-electron chi connectivity index (χ3n) is 2.86. The van der Waals surface area contributed by atoms with Crippen molar-refractivity contribution in [2.45, 2.75) is 20.4 Å². The molecule has 0 bridgehead atoms. The molecule has 0 aliphatic heterocycles. The maximum atomic E-state index is 11.5. The van der Waals surface area contributed by atoms with Crippen LogP contribution in [0, 0.1) is 0 Å². The molecule has 0 fully saturated rings. The van der Waals surface area contributed by atoms with E-state index >= 15 is 0 Å². The van der Waals surface area contributed by atoms with Gasteiger partial charge < -0.3 is 19.9 Å². The van der Waals surface area contributed by atoms with Gasteiger partial charge in [0.1, 0.15) is 5.69 Å². The number of rotatable bonds is 6. The van der Waals surface area contributed by atoms with Crippen molar-refractivity contribution in [3.05, 3.63) is 18.0 Å². The largest absolute Gasteiger partial charge is 0.464 e. The van der Waals surface area contributed by atoms with Gasteiger partial charge in [-0.2, -0.15) is 0 Å². The summed E-state index contributed by atoms with van der Waals surface area (Å²) in [6, 6.07) is 1.65. The highest BCUT2D eigenvalue weighted by Gasteiger charge is 2.13. The summed E-state index contributed by atoms with van der Waals surface area (Å²) in [4.78, 5) is 13.8. The minimum Gasteiger partial charge on any atom is -0.464 e.